The van der Waals surface area contributed by atoms with Crippen LogP contribution in [0.25, 0.3) is 0 Å². The number of imidazole rings is 1. The zero-order valence-electron chi connectivity index (χ0n) is 9.86. The Balaban J connectivity index is 2.42. The molecule has 0 unspecified atom stereocenters. The topological polar surface area (TPSA) is 34.9 Å². The van der Waals surface area contributed by atoms with Crippen molar-refractivity contribution in [1.82, 2.24) is 9.55 Å². The van der Waals surface area contributed by atoms with Crippen LogP contribution >= 0.6 is 27.5 Å². The highest BCUT2D eigenvalue weighted by molar-refractivity contribution is 9.10. The van der Waals surface area contributed by atoms with Gasteiger partial charge in [-0.1, -0.05) is 24.6 Å². The Labute approximate surface area is 119 Å². The summed E-state index contributed by atoms with van der Waals surface area (Å²) in [6.07, 6.45) is 4.39. The predicted octanol–water partition coefficient (Wildman–Crippen LogP) is 3.94. The van der Waals surface area contributed by atoms with E-state index >= 15 is 0 Å². The number of benzene rings is 1. The molecule has 0 atom stereocenters. The standard InChI is InChI=1S/C13H12BrClN2O/c1-2-7-17-8-6-16-13(17)12(18)9-4-3-5-10(14)11(9)15/h3-6,8H,2,7H2,1H3. The van der Waals surface area contributed by atoms with E-state index in [4.69, 9.17) is 11.6 Å². The van der Waals surface area contributed by atoms with E-state index in [-0.39, 0.29) is 5.78 Å². The van der Waals surface area contributed by atoms with Crippen LogP contribution in [0.1, 0.15) is 29.5 Å². The van der Waals surface area contributed by atoms with Crippen LogP contribution < -0.4 is 0 Å². The highest BCUT2D eigenvalue weighted by Gasteiger charge is 2.18. The molecule has 94 valence electrons. The predicted molar refractivity (Wildman–Crippen MR) is 75.1 cm³/mol. The Morgan fingerprint density at radius 2 is 2.28 bits per heavy atom. The average Bonchev–Trinajstić information content (AvgIpc) is 2.80. The highest BCUT2D eigenvalue weighted by atomic mass is 79.9. The SMILES string of the molecule is CCCn1ccnc1C(=O)c1cccc(Br)c1Cl. The number of ketones is 1. The molecule has 0 aliphatic carbocycles. The fourth-order valence-electron chi connectivity index (χ4n) is 1.74. The molecular formula is C13H12BrClN2O. The van der Waals surface area contributed by atoms with E-state index in [9.17, 15) is 4.79 Å². The molecule has 0 bridgehead atoms. The number of aromatic nitrogens is 2. The molecule has 0 aliphatic rings. The lowest BCUT2D eigenvalue weighted by atomic mass is 10.1. The summed E-state index contributed by atoms with van der Waals surface area (Å²) in [6.45, 7) is 2.83. The lowest BCUT2D eigenvalue weighted by Gasteiger charge is -2.07. The fraction of sp³-hybridized carbons (Fsp3) is 0.231. The summed E-state index contributed by atoms with van der Waals surface area (Å²) in [5.74, 6) is 0.275. The summed E-state index contributed by atoms with van der Waals surface area (Å²) in [5, 5.41) is 0.425. The Morgan fingerprint density at radius 3 is 3.00 bits per heavy atom. The number of carbonyl (C=O) groups excluding carboxylic acids is 1. The smallest absolute Gasteiger partial charge is 0.229 e. The van der Waals surface area contributed by atoms with E-state index in [1.54, 1.807) is 24.4 Å². The third-order valence-electron chi connectivity index (χ3n) is 2.58. The maximum Gasteiger partial charge on any atom is 0.229 e. The van der Waals surface area contributed by atoms with Crippen LogP contribution in [0.15, 0.2) is 35.1 Å². The first-order chi connectivity index (χ1) is 8.65. The van der Waals surface area contributed by atoms with E-state index in [1.807, 2.05) is 10.8 Å². The van der Waals surface area contributed by atoms with Gasteiger partial charge >= 0.3 is 0 Å². The van der Waals surface area contributed by atoms with Gasteiger partial charge in [0.1, 0.15) is 0 Å². The Kier molecular flexibility index (Phi) is 4.19. The van der Waals surface area contributed by atoms with Gasteiger partial charge in [-0.15, -0.1) is 0 Å². The summed E-state index contributed by atoms with van der Waals surface area (Å²) in [6, 6.07) is 5.30. The summed E-state index contributed by atoms with van der Waals surface area (Å²) >= 11 is 9.45. The van der Waals surface area contributed by atoms with Gasteiger partial charge in [0.2, 0.25) is 5.78 Å². The van der Waals surface area contributed by atoms with Gasteiger partial charge in [-0.2, -0.15) is 0 Å². The van der Waals surface area contributed by atoms with Crippen LogP contribution in [0.3, 0.4) is 0 Å². The van der Waals surface area contributed by atoms with E-state index in [2.05, 4.69) is 27.8 Å². The van der Waals surface area contributed by atoms with Gasteiger partial charge in [0.05, 0.1) is 5.02 Å². The van der Waals surface area contributed by atoms with Crippen LogP contribution in [0, 0.1) is 0 Å². The molecule has 0 fully saturated rings. The van der Waals surface area contributed by atoms with Crippen molar-refractivity contribution in [2.24, 2.45) is 0 Å². The maximum atomic E-state index is 12.4. The molecule has 2 aromatic rings. The molecular weight excluding hydrogens is 316 g/mol. The quantitative estimate of drug-likeness (QED) is 0.797. The van der Waals surface area contributed by atoms with Crippen LogP contribution in [0.2, 0.25) is 5.02 Å². The lowest BCUT2D eigenvalue weighted by molar-refractivity contribution is 0.102. The minimum Gasteiger partial charge on any atom is -0.328 e. The molecule has 5 heteroatoms. The third-order valence-corrected chi connectivity index (χ3v) is 3.88. The minimum absolute atomic E-state index is 0.153. The lowest BCUT2D eigenvalue weighted by Crippen LogP contribution is -2.11. The van der Waals surface area contributed by atoms with Crippen LogP contribution in [0.5, 0.6) is 0 Å². The second kappa shape index (κ2) is 5.67. The number of hydrogen-bond acceptors (Lipinski definition) is 2. The van der Waals surface area contributed by atoms with Crippen LogP contribution in [-0.4, -0.2) is 15.3 Å². The van der Waals surface area contributed by atoms with Gasteiger partial charge in [-0.25, -0.2) is 4.98 Å². The normalized spacial score (nSPS) is 10.6. The molecule has 3 nitrogen and oxygen atoms in total. The zero-order chi connectivity index (χ0) is 13.1. The Hall–Kier alpha value is -1.13. The van der Waals surface area contributed by atoms with Gasteiger partial charge in [0, 0.05) is 29.0 Å². The molecule has 2 rings (SSSR count). The van der Waals surface area contributed by atoms with Crippen molar-refractivity contribution < 1.29 is 4.79 Å². The monoisotopic (exact) mass is 326 g/mol. The van der Waals surface area contributed by atoms with E-state index in [1.165, 1.54) is 0 Å². The molecule has 1 aromatic heterocycles. The minimum atomic E-state index is -0.153. The largest absolute Gasteiger partial charge is 0.328 e. The molecule has 0 spiro atoms. The van der Waals surface area contributed by atoms with Gasteiger partial charge in [-0.05, 0) is 34.5 Å². The van der Waals surface area contributed by atoms with Crippen LogP contribution in [-0.2, 0) is 6.54 Å². The van der Waals surface area contributed by atoms with E-state index in [0.29, 0.717) is 20.9 Å². The number of rotatable bonds is 4. The first-order valence-electron chi connectivity index (χ1n) is 5.65. The number of carbonyl (C=O) groups is 1. The van der Waals surface area contributed by atoms with Crippen molar-refractivity contribution in [3.63, 3.8) is 0 Å². The number of nitrogens with zero attached hydrogens (tertiary/aromatic N) is 2. The molecule has 0 amide bonds. The summed E-state index contributed by atoms with van der Waals surface area (Å²) < 4.78 is 2.56. The van der Waals surface area contributed by atoms with E-state index in [0.717, 1.165) is 13.0 Å². The van der Waals surface area contributed by atoms with Crippen molar-refractivity contribution in [3.05, 3.63) is 51.5 Å². The van der Waals surface area contributed by atoms with E-state index < -0.39 is 0 Å². The summed E-state index contributed by atoms with van der Waals surface area (Å²) in [7, 11) is 0. The first-order valence-corrected chi connectivity index (χ1v) is 6.82. The molecule has 0 radical (unpaired) electrons. The van der Waals surface area contributed by atoms with Crippen molar-refractivity contribution in [2.75, 3.05) is 0 Å². The van der Waals surface area contributed by atoms with Crippen LogP contribution in [0.4, 0.5) is 0 Å². The highest BCUT2D eigenvalue weighted by Crippen LogP contribution is 2.27. The Bertz CT molecular complexity index is 580. The molecule has 0 saturated carbocycles. The number of aryl methyl sites for hydroxylation is 1. The Morgan fingerprint density at radius 1 is 1.50 bits per heavy atom. The van der Waals surface area contributed by atoms with Gasteiger partial charge in [0.15, 0.2) is 5.82 Å². The number of halogens is 2. The molecule has 1 aromatic carbocycles. The average molecular weight is 328 g/mol. The fourth-order valence-corrected chi connectivity index (χ4v) is 2.32. The number of hydrogen-bond donors (Lipinski definition) is 0. The first kappa shape index (κ1) is 13.3. The second-order valence-corrected chi connectivity index (χ2v) is 5.11. The molecule has 0 saturated heterocycles. The maximum absolute atomic E-state index is 12.4. The van der Waals surface area contributed by atoms with Crippen molar-refractivity contribution in [2.45, 2.75) is 19.9 Å². The van der Waals surface area contributed by atoms with Crippen molar-refractivity contribution in [1.29, 1.82) is 0 Å². The van der Waals surface area contributed by atoms with Crippen molar-refractivity contribution >= 4 is 33.3 Å². The summed E-state index contributed by atoms with van der Waals surface area (Å²) in [5.41, 5.74) is 0.467. The van der Waals surface area contributed by atoms with Crippen molar-refractivity contribution in [3.8, 4) is 0 Å². The third kappa shape index (κ3) is 2.49. The molecule has 0 aliphatic heterocycles. The van der Waals surface area contributed by atoms with Gasteiger partial charge in [0.25, 0.3) is 0 Å². The molecule has 18 heavy (non-hydrogen) atoms. The second-order valence-electron chi connectivity index (χ2n) is 3.87. The molecule has 1 heterocycles. The molecule has 0 N–H and O–H groups in total. The zero-order valence-corrected chi connectivity index (χ0v) is 12.2. The summed E-state index contributed by atoms with van der Waals surface area (Å²) in [4.78, 5) is 16.5. The van der Waals surface area contributed by atoms with Gasteiger partial charge in [-0.3, -0.25) is 4.79 Å². The van der Waals surface area contributed by atoms with Gasteiger partial charge < -0.3 is 4.57 Å².